The molecule has 41 heavy (non-hydrogen) atoms. The largest absolute Gasteiger partial charge is 0.358 e. The maximum absolute atomic E-state index is 4.68. The van der Waals surface area contributed by atoms with Gasteiger partial charge in [-0.3, -0.25) is 10.1 Å². The van der Waals surface area contributed by atoms with Gasteiger partial charge in [-0.05, 0) is 55.3 Å². The summed E-state index contributed by atoms with van der Waals surface area (Å²) in [5.41, 5.74) is 11.9. The van der Waals surface area contributed by atoms with Crippen LogP contribution in [0.5, 0.6) is 0 Å². The van der Waals surface area contributed by atoms with E-state index in [0.29, 0.717) is 0 Å². The average Bonchev–Trinajstić information content (AvgIpc) is 3.70. The van der Waals surface area contributed by atoms with Crippen LogP contribution in [0.3, 0.4) is 0 Å². The monoisotopic (exact) mass is 537 g/mol. The second-order valence-electron chi connectivity index (χ2n) is 10.1. The molecule has 7 nitrogen and oxygen atoms in total. The number of benzene rings is 2. The first-order valence-electron chi connectivity index (χ1n) is 13.4. The molecule has 0 radical (unpaired) electrons. The minimum atomic E-state index is 0.747. The molecule has 4 aromatic heterocycles. The molecule has 2 aromatic carbocycles. The summed E-state index contributed by atoms with van der Waals surface area (Å²) in [6, 6.07) is 20.8. The van der Waals surface area contributed by atoms with Gasteiger partial charge in [-0.15, -0.1) is 0 Å². The lowest BCUT2D eigenvalue weighted by molar-refractivity contribution is 1.08. The Kier molecular flexibility index (Phi) is 6.92. The van der Waals surface area contributed by atoms with E-state index in [9.17, 15) is 0 Å². The molecule has 6 aromatic rings. The van der Waals surface area contributed by atoms with Gasteiger partial charge in [-0.2, -0.15) is 5.10 Å². The standard InChI is InChI=1S/C34H31N7/c1-5-9-33(41-20-23(3)36-21-41)29-17-32(38-24(29)4)34-30-16-26(12-13-31(30)39-40-34)27-15-28(19-35-18-27)37-22(2)14-25-10-7-6-8-11-25/h5-13,15-21,37-38H,1-2,14H2,3-4H3,(H,39,40)/b33-9+. The first kappa shape index (κ1) is 25.8. The van der Waals surface area contributed by atoms with Crippen LogP contribution in [0.4, 0.5) is 5.69 Å². The maximum atomic E-state index is 4.68. The van der Waals surface area contributed by atoms with Crippen LogP contribution < -0.4 is 5.32 Å². The zero-order valence-electron chi connectivity index (χ0n) is 23.1. The number of fused-ring (bicyclic) bond motifs is 1. The highest BCUT2D eigenvalue weighted by Gasteiger charge is 2.17. The molecule has 0 aliphatic carbocycles. The summed E-state index contributed by atoms with van der Waals surface area (Å²) in [6.45, 7) is 12.2. The van der Waals surface area contributed by atoms with Crippen LogP contribution in [0.2, 0.25) is 0 Å². The Morgan fingerprint density at radius 2 is 1.88 bits per heavy atom. The van der Waals surface area contributed by atoms with Crippen molar-refractivity contribution in [1.29, 1.82) is 0 Å². The van der Waals surface area contributed by atoms with Crippen LogP contribution >= 0.6 is 0 Å². The van der Waals surface area contributed by atoms with E-state index in [2.05, 4.69) is 93.0 Å². The maximum Gasteiger partial charge on any atom is 0.116 e. The molecule has 7 heteroatoms. The SMILES string of the molecule is C=C/C=C(\c1cc(-c2n[nH]c3ccc(-c4cncc(NC(=C)Cc5ccccc5)c4)cc23)[nH]c1C)n1cnc(C)c1. The number of hydrogen-bond donors (Lipinski definition) is 3. The summed E-state index contributed by atoms with van der Waals surface area (Å²) in [4.78, 5) is 12.4. The number of nitrogens with one attached hydrogen (secondary N) is 3. The molecule has 0 aliphatic heterocycles. The van der Waals surface area contributed by atoms with E-state index in [1.165, 1.54) is 5.56 Å². The molecule has 0 amide bonds. The van der Waals surface area contributed by atoms with Crippen molar-refractivity contribution in [2.24, 2.45) is 0 Å². The number of allylic oxidation sites excluding steroid dienone is 3. The molecular formula is C34H31N7. The van der Waals surface area contributed by atoms with Gasteiger partial charge in [0.1, 0.15) is 5.69 Å². The van der Waals surface area contributed by atoms with Gasteiger partial charge < -0.3 is 14.9 Å². The molecule has 0 spiro atoms. The highest BCUT2D eigenvalue weighted by molar-refractivity contribution is 5.95. The Morgan fingerprint density at radius 1 is 1.02 bits per heavy atom. The number of rotatable bonds is 9. The van der Waals surface area contributed by atoms with E-state index < -0.39 is 0 Å². The van der Waals surface area contributed by atoms with Crippen LogP contribution in [0.1, 0.15) is 22.5 Å². The third kappa shape index (κ3) is 5.38. The lowest BCUT2D eigenvalue weighted by atomic mass is 10.0. The van der Waals surface area contributed by atoms with Crippen molar-refractivity contribution in [1.82, 2.24) is 29.7 Å². The van der Waals surface area contributed by atoms with Gasteiger partial charge in [0.05, 0.1) is 40.8 Å². The molecule has 0 fully saturated rings. The van der Waals surface area contributed by atoms with Gasteiger partial charge in [0.15, 0.2) is 0 Å². The number of anilines is 1. The van der Waals surface area contributed by atoms with Gasteiger partial charge in [0.25, 0.3) is 0 Å². The van der Waals surface area contributed by atoms with Gasteiger partial charge in [-0.1, -0.05) is 55.6 Å². The number of aromatic nitrogens is 6. The molecule has 202 valence electrons. The summed E-state index contributed by atoms with van der Waals surface area (Å²) < 4.78 is 2.01. The minimum absolute atomic E-state index is 0.747. The Morgan fingerprint density at radius 3 is 2.66 bits per heavy atom. The van der Waals surface area contributed by atoms with Crippen LogP contribution in [0.15, 0.2) is 117 Å². The molecule has 0 saturated carbocycles. The first-order chi connectivity index (χ1) is 20.0. The molecule has 0 atom stereocenters. The van der Waals surface area contributed by atoms with Crippen molar-refractivity contribution in [3.05, 3.63) is 139 Å². The lowest BCUT2D eigenvalue weighted by Crippen LogP contribution is -2.02. The van der Waals surface area contributed by atoms with Crippen molar-refractivity contribution in [3.63, 3.8) is 0 Å². The third-order valence-electron chi connectivity index (χ3n) is 7.03. The number of pyridine rings is 1. The fraction of sp³-hybridized carbons (Fsp3) is 0.0882. The highest BCUT2D eigenvalue weighted by Crippen LogP contribution is 2.33. The fourth-order valence-electron chi connectivity index (χ4n) is 5.09. The molecule has 0 saturated heterocycles. The number of hydrogen-bond acceptors (Lipinski definition) is 4. The second-order valence-corrected chi connectivity index (χ2v) is 10.1. The third-order valence-corrected chi connectivity index (χ3v) is 7.03. The van der Waals surface area contributed by atoms with Crippen LogP contribution in [-0.4, -0.2) is 29.7 Å². The van der Waals surface area contributed by atoms with Crippen molar-refractivity contribution in [2.45, 2.75) is 20.3 Å². The van der Waals surface area contributed by atoms with E-state index in [1.54, 1.807) is 6.08 Å². The summed E-state index contributed by atoms with van der Waals surface area (Å²) in [7, 11) is 0. The van der Waals surface area contributed by atoms with Crippen molar-refractivity contribution in [2.75, 3.05) is 5.32 Å². The zero-order valence-corrected chi connectivity index (χ0v) is 23.1. The Labute approximate surface area is 239 Å². The molecule has 3 N–H and O–H groups in total. The van der Waals surface area contributed by atoms with E-state index in [4.69, 9.17) is 0 Å². The number of imidazole rings is 1. The van der Waals surface area contributed by atoms with Gasteiger partial charge in [0, 0.05) is 46.7 Å². The normalized spacial score (nSPS) is 11.6. The number of aromatic amines is 2. The Balaban J connectivity index is 1.30. The van der Waals surface area contributed by atoms with Gasteiger partial charge in [0.2, 0.25) is 0 Å². The van der Waals surface area contributed by atoms with Gasteiger partial charge >= 0.3 is 0 Å². The summed E-state index contributed by atoms with van der Waals surface area (Å²) in [5, 5.41) is 12.3. The van der Waals surface area contributed by atoms with Crippen LogP contribution in [0, 0.1) is 13.8 Å². The fourth-order valence-corrected chi connectivity index (χ4v) is 5.09. The average molecular weight is 538 g/mol. The van der Waals surface area contributed by atoms with Crippen molar-refractivity contribution < 1.29 is 0 Å². The predicted octanol–water partition coefficient (Wildman–Crippen LogP) is 7.68. The van der Waals surface area contributed by atoms with E-state index in [-0.39, 0.29) is 0 Å². The quantitative estimate of drug-likeness (QED) is 0.165. The molecule has 0 bridgehead atoms. The Bertz CT molecular complexity index is 1900. The second kappa shape index (κ2) is 11.0. The summed E-state index contributed by atoms with van der Waals surface area (Å²) in [6.07, 6.45) is 12.1. The number of aryl methyl sites for hydroxylation is 2. The Hall–Kier alpha value is -5.43. The lowest BCUT2D eigenvalue weighted by Gasteiger charge is -2.11. The van der Waals surface area contributed by atoms with Crippen molar-refractivity contribution >= 4 is 22.3 Å². The predicted molar refractivity (Wildman–Crippen MR) is 167 cm³/mol. The van der Waals surface area contributed by atoms with Crippen LogP contribution in [0.25, 0.3) is 39.1 Å². The molecule has 4 heterocycles. The smallest absolute Gasteiger partial charge is 0.116 e. The summed E-state index contributed by atoms with van der Waals surface area (Å²) >= 11 is 0. The topological polar surface area (TPSA) is 87.2 Å². The molecule has 0 unspecified atom stereocenters. The minimum Gasteiger partial charge on any atom is -0.358 e. The summed E-state index contributed by atoms with van der Waals surface area (Å²) in [5.74, 6) is 0. The molecular weight excluding hydrogens is 506 g/mol. The van der Waals surface area contributed by atoms with Crippen LogP contribution in [-0.2, 0) is 6.42 Å². The number of nitrogens with zero attached hydrogens (tertiary/aromatic N) is 4. The molecule has 0 aliphatic rings. The number of H-pyrrole nitrogens is 2. The van der Waals surface area contributed by atoms with E-state index in [1.807, 2.05) is 60.7 Å². The van der Waals surface area contributed by atoms with E-state index in [0.717, 1.165) is 73.9 Å². The zero-order chi connectivity index (χ0) is 28.3. The highest BCUT2D eigenvalue weighted by atomic mass is 15.1. The first-order valence-corrected chi connectivity index (χ1v) is 13.4. The van der Waals surface area contributed by atoms with E-state index >= 15 is 0 Å². The van der Waals surface area contributed by atoms with Gasteiger partial charge in [-0.25, -0.2) is 4.98 Å². The van der Waals surface area contributed by atoms with Crippen molar-refractivity contribution in [3.8, 4) is 22.5 Å². The molecule has 6 rings (SSSR count).